The first-order chi connectivity index (χ1) is 8.54. The molecular formula is C12H26N4O2. The third-order valence-corrected chi connectivity index (χ3v) is 2.82. The number of hydrogen-bond donors (Lipinski definition) is 3. The lowest BCUT2D eigenvalue weighted by Gasteiger charge is -2.20. The molecule has 0 aliphatic rings. The summed E-state index contributed by atoms with van der Waals surface area (Å²) in [6, 6.07) is -0.591. The average molecular weight is 258 g/mol. The Morgan fingerprint density at radius 2 is 1.83 bits per heavy atom. The standard InChI is InChI=1S/C12H26N4O2/c1-4-14-11(17)9-10(12(13)18)15-7-8-16(5-2)6-3/h10,15H,4-9H2,1-3H3,(H2,13,18)(H,14,17). The highest BCUT2D eigenvalue weighted by Crippen LogP contribution is 1.92. The summed E-state index contributed by atoms with van der Waals surface area (Å²) in [6.07, 6.45) is 0.0986. The number of amides is 2. The highest BCUT2D eigenvalue weighted by atomic mass is 16.2. The van der Waals surface area contributed by atoms with Gasteiger partial charge in [0.15, 0.2) is 0 Å². The van der Waals surface area contributed by atoms with Crippen molar-refractivity contribution < 1.29 is 9.59 Å². The van der Waals surface area contributed by atoms with E-state index >= 15 is 0 Å². The normalized spacial score (nSPS) is 12.4. The van der Waals surface area contributed by atoms with Gasteiger partial charge in [-0.3, -0.25) is 9.59 Å². The molecule has 0 aromatic rings. The highest BCUT2D eigenvalue weighted by Gasteiger charge is 2.18. The number of primary amides is 1. The van der Waals surface area contributed by atoms with Crippen LogP contribution in [0.4, 0.5) is 0 Å². The predicted octanol–water partition coefficient (Wildman–Crippen LogP) is -0.702. The Morgan fingerprint density at radius 3 is 2.28 bits per heavy atom. The van der Waals surface area contributed by atoms with Gasteiger partial charge >= 0.3 is 0 Å². The van der Waals surface area contributed by atoms with Crippen LogP contribution in [-0.4, -0.2) is 55.5 Å². The van der Waals surface area contributed by atoms with Crippen LogP contribution >= 0.6 is 0 Å². The third kappa shape index (κ3) is 7.24. The van der Waals surface area contributed by atoms with Crippen molar-refractivity contribution in [2.75, 3.05) is 32.7 Å². The van der Waals surface area contributed by atoms with Gasteiger partial charge in [-0.15, -0.1) is 0 Å². The van der Waals surface area contributed by atoms with Crippen LogP contribution in [-0.2, 0) is 9.59 Å². The van der Waals surface area contributed by atoms with Crippen molar-refractivity contribution in [3.63, 3.8) is 0 Å². The van der Waals surface area contributed by atoms with Crippen molar-refractivity contribution in [3.05, 3.63) is 0 Å². The van der Waals surface area contributed by atoms with E-state index in [4.69, 9.17) is 5.73 Å². The first-order valence-corrected chi connectivity index (χ1v) is 6.56. The summed E-state index contributed by atoms with van der Waals surface area (Å²) in [5.41, 5.74) is 5.27. The summed E-state index contributed by atoms with van der Waals surface area (Å²) < 4.78 is 0. The fourth-order valence-electron chi connectivity index (χ4n) is 1.66. The third-order valence-electron chi connectivity index (χ3n) is 2.82. The van der Waals surface area contributed by atoms with Gasteiger partial charge in [-0.2, -0.15) is 0 Å². The maximum absolute atomic E-state index is 11.4. The van der Waals surface area contributed by atoms with E-state index in [9.17, 15) is 9.59 Å². The van der Waals surface area contributed by atoms with E-state index in [-0.39, 0.29) is 12.3 Å². The number of nitrogens with one attached hydrogen (secondary N) is 2. The number of likely N-dealkylation sites (N-methyl/N-ethyl adjacent to an activating group) is 1. The molecule has 4 N–H and O–H groups in total. The van der Waals surface area contributed by atoms with Gasteiger partial charge in [0.25, 0.3) is 0 Å². The SMILES string of the molecule is CCNC(=O)CC(NCCN(CC)CC)C(N)=O. The zero-order valence-corrected chi connectivity index (χ0v) is 11.7. The van der Waals surface area contributed by atoms with Gasteiger partial charge in [-0.1, -0.05) is 13.8 Å². The molecule has 0 saturated carbocycles. The van der Waals surface area contributed by atoms with Gasteiger partial charge in [0, 0.05) is 19.6 Å². The molecule has 0 heterocycles. The van der Waals surface area contributed by atoms with E-state index in [2.05, 4.69) is 29.4 Å². The quantitative estimate of drug-likeness (QED) is 0.483. The van der Waals surface area contributed by atoms with E-state index in [1.165, 1.54) is 0 Å². The Kier molecular flexibility index (Phi) is 9.22. The number of nitrogens with two attached hydrogens (primary N) is 1. The van der Waals surface area contributed by atoms with Crippen molar-refractivity contribution in [3.8, 4) is 0 Å². The van der Waals surface area contributed by atoms with Crippen molar-refractivity contribution in [2.45, 2.75) is 33.2 Å². The Bertz CT molecular complexity index is 254. The van der Waals surface area contributed by atoms with Gasteiger partial charge in [0.05, 0.1) is 12.5 Å². The lowest BCUT2D eigenvalue weighted by molar-refractivity contribution is -0.126. The molecule has 0 radical (unpaired) electrons. The second-order valence-corrected chi connectivity index (χ2v) is 4.09. The molecule has 1 atom stereocenters. The smallest absolute Gasteiger partial charge is 0.235 e. The zero-order valence-electron chi connectivity index (χ0n) is 11.7. The maximum Gasteiger partial charge on any atom is 0.235 e. The maximum atomic E-state index is 11.4. The van der Waals surface area contributed by atoms with Gasteiger partial charge in [0.1, 0.15) is 0 Å². The summed E-state index contributed by atoms with van der Waals surface area (Å²) >= 11 is 0. The van der Waals surface area contributed by atoms with Crippen LogP contribution in [0.3, 0.4) is 0 Å². The fraction of sp³-hybridized carbons (Fsp3) is 0.833. The highest BCUT2D eigenvalue weighted by molar-refractivity contribution is 5.87. The summed E-state index contributed by atoms with van der Waals surface area (Å²) in [6.45, 7) is 9.99. The molecule has 0 aliphatic heterocycles. The molecule has 0 fully saturated rings. The number of carbonyl (C=O) groups excluding carboxylic acids is 2. The minimum absolute atomic E-state index is 0.0986. The van der Waals surface area contributed by atoms with Crippen LogP contribution in [0.2, 0.25) is 0 Å². The van der Waals surface area contributed by atoms with Crippen molar-refractivity contribution in [2.24, 2.45) is 5.73 Å². The van der Waals surface area contributed by atoms with E-state index in [1.54, 1.807) is 0 Å². The predicted molar refractivity (Wildman–Crippen MR) is 72.1 cm³/mol. The van der Waals surface area contributed by atoms with Gasteiger partial charge in [0.2, 0.25) is 11.8 Å². The zero-order chi connectivity index (χ0) is 14.0. The van der Waals surface area contributed by atoms with Crippen LogP contribution in [0.5, 0.6) is 0 Å². The molecule has 1 unspecified atom stereocenters. The minimum Gasteiger partial charge on any atom is -0.368 e. The molecule has 6 nitrogen and oxygen atoms in total. The molecule has 0 rings (SSSR count). The molecular weight excluding hydrogens is 232 g/mol. The monoisotopic (exact) mass is 258 g/mol. The largest absolute Gasteiger partial charge is 0.368 e. The van der Waals surface area contributed by atoms with E-state index in [1.807, 2.05) is 6.92 Å². The second kappa shape index (κ2) is 9.85. The average Bonchev–Trinajstić information content (AvgIpc) is 2.33. The van der Waals surface area contributed by atoms with Gasteiger partial charge < -0.3 is 21.3 Å². The molecule has 2 amide bonds. The van der Waals surface area contributed by atoms with Crippen molar-refractivity contribution in [1.82, 2.24) is 15.5 Å². The summed E-state index contributed by atoms with van der Waals surface area (Å²) in [4.78, 5) is 24.9. The molecule has 0 aliphatic carbocycles. The number of nitrogens with zero attached hydrogens (tertiary/aromatic N) is 1. The Morgan fingerprint density at radius 1 is 1.22 bits per heavy atom. The first kappa shape index (κ1) is 16.9. The van der Waals surface area contributed by atoms with E-state index in [0.29, 0.717) is 13.1 Å². The second-order valence-electron chi connectivity index (χ2n) is 4.09. The molecule has 6 heteroatoms. The number of rotatable bonds is 10. The van der Waals surface area contributed by atoms with Crippen LogP contribution < -0.4 is 16.4 Å². The molecule has 0 aromatic heterocycles. The molecule has 0 spiro atoms. The molecule has 0 saturated heterocycles. The van der Waals surface area contributed by atoms with E-state index < -0.39 is 11.9 Å². The summed E-state index contributed by atoms with van der Waals surface area (Å²) in [5, 5.41) is 5.69. The number of hydrogen-bond acceptors (Lipinski definition) is 4. The van der Waals surface area contributed by atoms with Crippen LogP contribution in [0, 0.1) is 0 Å². The first-order valence-electron chi connectivity index (χ1n) is 6.56. The van der Waals surface area contributed by atoms with Crippen molar-refractivity contribution in [1.29, 1.82) is 0 Å². The minimum atomic E-state index is -0.591. The van der Waals surface area contributed by atoms with Crippen LogP contribution in [0.25, 0.3) is 0 Å². The molecule has 18 heavy (non-hydrogen) atoms. The van der Waals surface area contributed by atoms with Gasteiger partial charge in [-0.05, 0) is 20.0 Å². The van der Waals surface area contributed by atoms with E-state index in [0.717, 1.165) is 19.6 Å². The lowest BCUT2D eigenvalue weighted by Crippen LogP contribution is -2.47. The molecule has 0 aromatic carbocycles. The Labute approximate surface area is 109 Å². The van der Waals surface area contributed by atoms with Gasteiger partial charge in [-0.25, -0.2) is 0 Å². The molecule has 0 bridgehead atoms. The Balaban J connectivity index is 4.05. The van der Waals surface area contributed by atoms with Crippen LogP contribution in [0.15, 0.2) is 0 Å². The fourth-order valence-corrected chi connectivity index (χ4v) is 1.66. The summed E-state index contributed by atoms with van der Waals surface area (Å²) in [5.74, 6) is -0.641. The lowest BCUT2D eigenvalue weighted by atomic mass is 10.2. The summed E-state index contributed by atoms with van der Waals surface area (Å²) in [7, 11) is 0. The van der Waals surface area contributed by atoms with Crippen LogP contribution in [0.1, 0.15) is 27.2 Å². The number of carbonyl (C=O) groups is 2. The van der Waals surface area contributed by atoms with Crippen molar-refractivity contribution >= 4 is 11.8 Å². The topological polar surface area (TPSA) is 87.5 Å². The molecule has 106 valence electrons. The Hall–Kier alpha value is -1.14.